The van der Waals surface area contributed by atoms with E-state index in [1.165, 1.54) is 28.0 Å². The van der Waals surface area contributed by atoms with E-state index in [4.69, 9.17) is 5.26 Å². The van der Waals surface area contributed by atoms with E-state index in [0.29, 0.717) is 5.01 Å². The van der Waals surface area contributed by atoms with E-state index in [2.05, 4.69) is 37.9 Å². The highest BCUT2D eigenvalue weighted by Crippen LogP contribution is 2.29. The molecule has 0 aliphatic rings. The summed E-state index contributed by atoms with van der Waals surface area (Å²) in [6.45, 7) is 6.27. The Hall–Kier alpha value is -1.40. The summed E-state index contributed by atoms with van der Waals surface area (Å²) in [7, 11) is 0. The Labute approximate surface area is 86.8 Å². The van der Waals surface area contributed by atoms with Gasteiger partial charge in [0.15, 0.2) is 5.01 Å². The average Bonchev–Trinajstić information content (AvgIpc) is 2.57. The normalized spacial score (nSPS) is 10.4. The van der Waals surface area contributed by atoms with Crippen molar-refractivity contribution in [2.75, 3.05) is 0 Å². The molecule has 1 aromatic heterocycles. The van der Waals surface area contributed by atoms with Gasteiger partial charge in [-0.2, -0.15) is 5.26 Å². The summed E-state index contributed by atoms with van der Waals surface area (Å²) < 4.78 is 1.14. The third-order valence-corrected chi connectivity index (χ3v) is 3.69. The predicted octanol–water partition coefficient (Wildman–Crippen LogP) is 3.09. The number of aryl methyl sites for hydroxylation is 2. The van der Waals surface area contributed by atoms with Gasteiger partial charge in [0.1, 0.15) is 6.07 Å². The van der Waals surface area contributed by atoms with Crippen molar-refractivity contribution in [2.45, 2.75) is 20.8 Å². The fourth-order valence-corrected chi connectivity index (χ4v) is 2.42. The summed E-state index contributed by atoms with van der Waals surface area (Å²) >= 11 is 1.47. The summed E-state index contributed by atoms with van der Waals surface area (Å²) in [4.78, 5) is 4.25. The molecule has 0 radical (unpaired) electrons. The standard InChI is InChI=1S/C11H10N2S/c1-6-4-9-11(8(3)7(6)2)14-10(5-12)13-9/h4H,1-3H3. The van der Waals surface area contributed by atoms with Crippen LogP contribution in [-0.4, -0.2) is 4.98 Å². The summed E-state index contributed by atoms with van der Waals surface area (Å²) in [5.74, 6) is 0. The van der Waals surface area contributed by atoms with E-state index in [0.717, 1.165) is 10.2 Å². The minimum atomic E-state index is 0.549. The SMILES string of the molecule is Cc1cc2nc(C#N)sc2c(C)c1C. The molecule has 2 rings (SSSR count). The maximum Gasteiger partial charge on any atom is 0.195 e. The molecule has 0 saturated carbocycles. The Morgan fingerprint density at radius 1 is 1.29 bits per heavy atom. The van der Waals surface area contributed by atoms with Crippen LogP contribution in [0.15, 0.2) is 6.07 Å². The first-order chi connectivity index (χ1) is 6.63. The van der Waals surface area contributed by atoms with E-state index < -0.39 is 0 Å². The molecule has 14 heavy (non-hydrogen) atoms. The topological polar surface area (TPSA) is 36.7 Å². The van der Waals surface area contributed by atoms with Crippen LogP contribution in [0.2, 0.25) is 0 Å². The molecule has 2 aromatic rings. The number of nitrogens with zero attached hydrogens (tertiary/aromatic N) is 2. The molecule has 1 heterocycles. The summed E-state index contributed by atoms with van der Waals surface area (Å²) in [5, 5.41) is 9.32. The van der Waals surface area contributed by atoms with E-state index >= 15 is 0 Å². The number of hydrogen-bond donors (Lipinski definition) is 0. The van der Waals surface area contributed by atoms with Crippen LogP contribution < -0.4 is 0 Å². The van der Waals surface area contributed by atoms with Gasteiger partial charge >= 0.3 is 0 Å². The molecule has 0 aliphatic heterocycles. The zero-order valence-electron chi connectivity index (χ0n) is 8.38. The third kappa shape index (κ3) is 1.19. The van der Waals surface area contributed by atoms with Crippen LogP contribution >= 0.6 is 11.3 Å². The molecule has 0 spiro atoms. The molecule has 0 fully saturated rings. The van der Waals surface area contributed by atoms with Crippen molar-refractivity contribution >= 4 is 21.6 Å². The van der Waals surface area contributed by atoms with Crippen molar-refractivity contribution in [1.29, 1.82) is 5.26 Å². The van der Waals surface area contributed by atoms with Crippen LogP contribution in [0, 0.1) is 32.1 Å². The number of nitriles is 1. The van der Waals surface area contributed by atoms with Crippen LogP contribution in [-0.2, 0) is 0 Å². The van der Waals surface area contributed by atoms with Crippen LogP contribution in [0.1, 0.15) is 21.7 Å². The molecule has 0 aliphatic carbocycles. The quantitative estimate of drug-likeness (QED) is 0.658. The van der Waals surface area contributed by atoms with Gasteiger partial charge in [-0.1, -0.05) is 0 Å². The lowest BCUT2D eigenvalue weighted by atomic mass is 10.0. The van der Waals surface area contributed by atoms with Gasteiger partial charge in [-0.15, -0.1) is 11.3 Å². The van der Waals surface area contributed by atoms with Crippen LogP contribution in [0.4, 0.5) is 0 Å². The first kappa shape index (κ1) is 9.17. The van der Waals surface area contributed by atoms with Crippen molar-refractivity contribution in [2.24, 2.45) is 0 Å². The minimum absolute atomic E-state index is 0.549. The van der Waals surface area contributed by atoms with E-state index in [9.17, 15) is 0 Å². The van der Waals surface area contributed by atoms with Crippen LogP contribution in [0.25, 0.3) is 10.2 Å². The number of thiazole rings is 1. The molecule has 2 nitrogen and oxygen atoms in total. The fraction of sp³-hybridized carbons (Fsp3) is 0.273. The van der Waals surface area contributed by atoms with Crippen molar-refractivity contribution in [1.82, 2.24) is 4.98 Å². The van der Waals surface area contributed by atoms with Crippen molar-refractivity contribution in [3.63, 3.8) is 0 Å². The maximum atomic E-state index is 8.77. The van der Waals surface area contributed by atoms with Crippen molar-refractivity contribution in [3.05, 3.63) is 27.8 Å². The summed E-state index contributed by atoms with van der Waals surface area (Å²) in [6, 6.07) is 4.14. The zero-order chi connectivity index (χ0) is 10.3. The fourth-order valence-electron chi connectivity index (χ4n) is 1.53. The van der Waals surface area contributed by atoms with E-state index in [-0.39, 0.29) is 0 Å². The Kier molecular flexibility index (Phi) is 2.01. The number of rotatable bonds is 0. The van der Waals surface area contributed by atoms with Gasteiger partial charge in [0, 0.05) is 0 Å². The monoisotopic (exact) mass is 202 g/mol. The van der Waals surface area contributed by atoms with Crippen molar-refractivity contribution < 1.29 is 0 Å². The average molecular weight is 202 g/mol. The van der Waals surface area contributed by atoms with Gasteiger partial charge < -0.3 is 0 Å². The van der Waals surface area contributed by atoms with Gasteiger partial charge in [-0.05, 0) is 43.5 Å². The lowest BCUT2D eigenvalue weighted by Crippen LogP contribution is -1.86. The largest absolute Gasteiger partial charge is 0.226 e. The molecule has 0 N–H and O–H groups in total. The minimum Gasteiger partial charge on any atom is -0.226 e. The summed E-state index contributed by atoms with van der Waals surface area (Å²) in [6.07, 6.45) is 0. The Balaban J connectivity index is 2.89. The first-order valence-corrected chi connectivity index (χ1v) is 5.22. The third-order valence-electron chi connectivity index (χ3n) is 2.60. The molecule has 0 amide bonds. The highest BCUT2D eigenvalue weighted by atomic mass is 32.1. The van der Waals surface area contributed by atoms with Gasteiger partial charge in [0.25, 0.3) is 0 Å². The second kappa shape index (κ2) is 3.07. The van der Waals surface area contributed by atoms with Gasteiger partial charge in [-0.25, -0.2) is 4.98 Å². The van der Waals surface area contributed by atoms with Gasteiger partial charge in [0.05, 0.1) is 10.2 Å². The molecule has 3 heteroatoms. The maximum absolute atomic E-state index is 8.77. The number of fused-ring (bicyclic) bond motifs is 1. The molecule has 0 atom stereocenters. The Morgan fingerprint density at radius 2 is 2.00 bits per heavy atom. The van der Waals surface area contributed by atoms with Gasteiger partial charge in [0.2, 0.25) is 0 Å². The number of hydrogen-bond acceptors (Lipinski definition) is 3. The Morgan fingerprint density at radius 3 is 2.64 bits per heavy atom. The lowest BCUT2D eigenvalue weighted by molar-refractivity contribution is 1.29. The molecule has 0 bridgehead atoms. The second-order valence-corrected chi connectivity index (χ2v) is 4.42. The molecule has 1 aromatic carbocycles. The molecular formula is C11H10N2S. The number of aromatic nitrogens is 1. The van der Waals surface area contributed by atoms with E-state index in [1.807, 2.05) is 0 Å². The highest BCUT2D eigenvalue weighted by Gasteiger charge is 2.09. The van der Waals surface area contributed by atoms with Crippen LogP contribution in [0.3, 0.4) is 0 Å². The van der Waals surface area contributed by atoms with Crippen molar-refractivity contribution in [3.8, 4) is 6.07 Å². The Bertz CT molecular complexity index is 546. The van der Waals surface area contributed by atoms with Crippen LogP contribution in [0.5, 0.6) is 0 Å². The van der Waals surface area contributed by atoms with E-state index in [1.54, 1.807) is 0 Å². The first-order valence-electron chi connectivity index (χ1n) is 4.41. The summed E-state index contributed by atoms with van der Waals surface area (Å²) in [5.41, 5.74) is 4.74. The molecule has 0 unspecified atom stereocenters. The smallest absolute Gasteiger partial charge is 0.195 e. The zero-order valence-corrected chi connectivity index (χ0v) is 9.20. The second-order valence-electron chi connectivity index (χ2n) is 3.42. The molecule has 70 valence electrons. The number of benzene rings is 1. The molecule has 0 saturated heterocycles. The molecular weight excluding hydrogens is 192 g/mol. The predicted molar refractivity (Wildman–Crippen MR) is 58.5 cm³/mol. The highest BCUT2D eigenvalue weighted by molar-refractivity contribution is 7.19. The lowest BCUT2D eigenvalue weighted by Gasteiger charge is -2.03. The van der Waals surface area contributed by atoms with Gasteiger partial charge in [-0.3, -0.25) is 0 Å².